The first kappa shape index (κ1) is 37.9. The maximum absolute atomic E-state index is 3.06. The molecule has 0 spiro atoms. The van der Waals surface area contributed by atoms with Gasteiger partial charge in [-0.2, -0.15) is 12.1 Å². The van der Waals surface area contributed by atoms with E-state index in [0.29, 0.717) is 11.8 Å². The van der Waals surface area contributed by atoms with Crippen LogP contribution in [0, 0.1) is 42.5 Å². The molecule has 34 heavy (non-hydrogen) atoms. The molecule has 0 aromatic heterocycles. The number of hydrogen-bond acceptors (Lipinski definition) is 0. The molecule has 0 amide bonds. The Hall–Kier alpha value is -0.660. The summed E-state index contributed by atoms with van der Waals surface area (Å²) in [6.07, 6.45) is 0. The van der Waals surface area contributed by atoms with Gasteiger partial charge in [0.05, 0.1) is 0 Å². The molecule has 0 saturated heterocycles. The van der Waals surface area contributed by atoms with Crippen molar-refractivity contribution in [1.82, 2.24) is 0 Å². The molecule has 2 radical (unpaired) electrons. The molecule has 0 aliphatic carbocycles. The first-order chi connectivity index (χ1) is 14.2. The van der Waals surface area contributed by atoms with Crippen molar-refractivity contribution in [2.75, 3.05) is 0 Å². The standard InChI is InChI=1S/2C14H17.2CH3.2ClH.Si.Zr/c2*1-9(2)12-7-13-10(3)5-6-11(4)14(13)8-12;;;;;;/h2*5-9H,1-4H3;2*1H3;2*1H;;/q4*-1;;;;. The van der Waals surface area contributed by atoms with Crippen molar-refractivity contribution in [3.63, 3.8) is 0 Å². The van der Waals surface area contributed by atoms with Crippen LogP contribution < -0.4 is 0 Å². The van der Waals surface area contributed by atoms with E-state index >= 15 is 0 Å². The summed E-state index contributed by atoms with van der Waals surface area (Å²) in [5.41, 5.74) is 8.46. The molecule has 0 aliphatic rings. The van der Waals surface area contributed by atoms with Gasteiger partial charge in [0, 0.05) is 0 Å². The Bertz CT molecular complexity index is 968. The Balaban J connectivity index is -0.000000475. The van der Waals surface area contributed by atoms with Crippen LogP contribution in [0.3, 0.4) is 0 Å². The Morgan fingerprint density at radius 1 is 0.588 bits per heavy atom. The van der Waals surface area contributed by atoms with E-state index in [1.54, 1.807) is 0 Å². The van der Waals surface area contributed by atoms with Crippen molar-refractivity contribution in [3.05, 3.63) is 96.8 Å². The number of rotatable bonds is 2. The second-order valence-electron chi connectivity index (χ2n) is 8.94. The fourth-order valence-electron chi connectivity index (χ4n) is 3.89. The zero-order chi connectivity index (χ0) is 22.6. The van der Waals surface area contributed by atoms with Crippen LogP contribution in [0.2, 0.25) is 0 Å². The van der Waals surface area contributed by atoms with E-state index < -0.39 is 0 Å². The van der Waals surface area contributed by atoms with Crippen LogP contribution in [0.15, 0.2) is 48.5 Å². The summed E-state index contributed by atoms with van der Waals surface area (Å²) in [7, 11) is 0. The van der Waals surface area contributed by atoms with E-state index in [1.165, 1.54) is 78.3 Å². The van der Waals surface area contributed by atoms with Crippen LogP contribution in [0.5, 0.6) is 0 Å². The quantitative estimate of drug-likeness (QED) is 0.161. The summed E-state index contributed by atoms with van der Waals surface area (Å²) in [6.45, 7) is 20.8. The predicted molar refractivity (Wildman–Crippen MR) is 159 cm³/mol. The third-order valence-corrected chi connectivity index (χ3v) is 6.02. The number of fused-ring (bicyclic) bond motifs is 2. The third kappa shape index (κ3) is 8.77. The molecule has 0 heterocycles. The number of hydrogen-bond donors (Lipinski definition) is 0. The summed E-state index contributed by atoms with van der Waals surface area (Å²) in [4.78, 5) is 0. The van der Waals surface area contributed by atoms with Crippen molar-refractivity contribution >= 4 is 53.2 Å². The molecular formula is C30H42Cl2SiZr-4. The number of aryl methyl sites for hydroxylation is 4. The molecule has 0 atom stereocenters. The average molecular weight is 593 g/mol. The summed E-state index contributed by atoms with van der Waals surface area (Å²) in [5, 5.41) is 5.70. The van der Waals surface area contributed by atoms with E-state index in [4.69, 9.17) is 0 Å². The van der Waals surface area contributed by atoms with Crippen LogP contribution in [-0.2, 0) is 23.3 Å². The first-order valence-electron chi connectivity index (χ1n) is 10.8. The van der Waals surface area contributed by atoms with Crippen LogP contribution >= 0.6 is 24.8 Å². The van der Waals surface area contributed by atoms with Crippen LogP contribution in [0.4, 0.5) is 0 Å². The second kappa shape index (κ2) is 16.9. The van der Waals surface area contributed by atoms with Gasteiger partial charge in [0.25, 0.3) is 0 Å². The summed E-state index contributed by atoms with van der Waals surface area (Å²) in [5.74, 6) is 1.25. The SMILES string of the molecule is Cc1ccc(C)c2[cH-]c(C(C)C)cc12.Cc1ccc(C)c2[cH-]c(C(C)C)cc12.Cl.Cl.[CH3-].[CH3-].[Si]=[Zr]. The maximum atomic E-state index is 3.06. The minimum absolute atomic E-state index is 0. The van der Waals surface area contributed by atoms with Crippen molar-refractivity contribution in [2.24, 2.45) is 0 Å². The van der Waals surface area contributed by atoms with Crippen molar-refractivity contribution in [2.45, 2.75) is 67.2 Å². The first-order valence-corrected chi connectivity index (χ1v) is 15.0. The summed E-state index contributed by atoms with van der Waals surface area (Å²) in [6, 6.07) is 18.2. The Kier molecular flexibility index (Phi) is 18.8. The van der Waals surface area contributed by atoms with Crippen LogP contribution in [0.25, 0.3) is 21.5 Å². The summed E-state index contributed by atoms with van der Waals surface area (Å²) < 4.78 is 0. The van der Waals surface area contributed by atoms with E-state index in [-0.39, 0.29) is 39.7 Å². The molecule has 0 saturated carbocycles. The molecule has 0 bridgehead atoms. The normalized spacial score (nSPS) is 9.56. The Morgan fingerprint density at radius 3 is 1.09 bits per heavy atom. The van der Waals surface area contributed by atoms with Crippen LogP contribution in [-0.4, -0.2) is 6.88 Å². The van der Waals surface area contributed by atoms with Crippen molar-refractivity contribution in [1.29, 1.82) is 0 Å². The molecule has 188 valence electrons. The topological polar surface area (TPSA) is 0 Å². The zero-order valence-corrected chi connectivity index (χ0v) is 27.7. The minimum atomic E-state index is 0. The van der Waals surface area contributed by atoms with E-state index in [1.807, 2.05) is 0 Å². The number of halogens is 2. The van der Waals surface area contributed by atoms with Gasteiger partial charge in [-0.25, -0.2) is 0 Å². The molecule has 0 fully saturated rings. The van der Waals surface area contributed by atoms with Crippen molar-refractivity contribution in [3.8, 4) is 0 Å². The van der Waals surface area contributed by atoms with E-state index in [0.717, 1.165) is 0 Å². The van der Waals surface area contributed by atoms with Crippen molar-refractivity contribution < 1.29 is 23.3 Å². The average Bonchev–Trinajstić information content (AvgIpc) is 3.36. The zero-order valence-electron chi connectivity index (χ0n) is 22.6. The third-order valence-electron chi connectivity index (χ3n) is 6.02. The molecular weight excluding hydrogens is 551 g/mol. The molecule has 0 N–H and O–H groups in total. The second-order valence-corrected chi connectivity index (χ2v) is 8.94. The number of benzene rings is 2. The van der Waals surface area contributed by atoms with Gasteiger partial charge in [-0.1, -0.05) is 64.8 Å². The molecule has 4 rings (SSSR count). The van der Waals surface area contributed by atoms with E-state index in [2.05, 4.69) is 111 Å². The van der Waals surface area contributed by atoms with Gasteiger partial charge in [-0.3, -0.25) is 0 Å². The van der Waals surface area contributed by atoms with Gasteiger partial charge in [0.1, 0.15) is 0 Å². The molecule has 4 heteroatoms. The molecule has 0 aliphatic heterocycles. The van der Waals surface area contributed by atoms with Gasteiger partial charge in [-0.05, 0) is 25.7 Å². The van der Waals surface area contributed by atoms with Gasteiger partial charge < -0.3 is 14.9 Å². The van der Waals surface area contributed by atoms with Gasteiger partial charge in [0.2, 0.25) is 0 Å². The molecule has 4 aromatic rings. The molecule has 0 unspecified atom stereocenters. The fourth-order valence-corrected chi connectivity index (χ4v) is 3.89. The predicted octanol–water partition coefficient (Wildman–Crippen LogP) is 9.96. The molecule has 4 aromatic carbocycles. The van der Waals surface area contributed by atoms with Gasteiger partial charge >= 0.3 is 30.2 Å². The van der Waals surface area contributed by atoms with Gasteiger partial charge in [0.15, 0.2) is 0 Å². The summed E-state index contributed by atoms with van der Waals surface area (Å²) >= 11 is 1.36. The Labute approximate surface area is 239 Å². The fraction of sp³-hybridized carbons (Fsp3) is 0.333. The molecule has 0 nitrogen and oxygen atoms in total. The Morgan fingerprint density at radius 2 is 0.853 bits per heavy atom. The van der Waals surface area contributed by atoms with Gasteiger partial charge in [-0.15, -0.1) is 92.9 Å². The monoisotopic (exact) mass is 590 g/mol. The van der Waals surface area contributed by atoms with E-state index in [9.17, 15) is 0 Å². The van der Waals surface area contributed by atoms with Crippen LogP contribution in [0.1, 0.15) is 72.9 Å².